The van der Waals surface area contributed by atoms with E-state index in [2.05, 4.69) is 15.4 Å². The number of rotatable bonds is 7. The molecule has 2 rings (SSSR count). The molecule has 0 atom stereocenters. The Morgan fingerprint density at radius 3 is 2.94 bits per heavy atom. The highest BCUT2D eigenvalue weighted by Gasteiger charge is 2.20. The van der Waals surface area contributed by atoms with Crippen LogP contribution in [0, 0.1) is 0 Å². The van der Waals surface area contributed by atoms with Crippen LogP contribution in [0.15, 0.2) is 6.33 Å². The first-order valence-electron chi connectivity index (χ1n) is 5.82. The van der Waals surface area contributed by atoms with Crippen LogP contribution in [0.1, 0.15) is 25.1 Å². The van der Waals surface area contributed by atoms with Gasteiger partial charge in [0.1, 0.15) is 22.0 Å². The molecule has 1 aliphatic rings. The number of nitrogens with one attached hydrogen (secondary N) is 1. The largest absolute Gasteiger partial charge is 0.307 e. The number of aryl methyl sites for hydroxylation is 1. The van der Waals surface area contributed by atoms with Crippen molar-refractivity contribution in [1.82, 2.24) is 20.1 Å². The summed E-state index contributed by atoms with van der Waals surface area (Å²) in [6.07, 6.45) is 5.83. The van der Waals surface area contributed by atoms with E-state index in [1.165, 1.54) is 25.4 Å². The quantitative estimate of drug-likeness (QED) is 0.743. The zero-order valence-electron chi connectivity index (χ0n) is 9.96. The van der Waals surface area contributed by atoms with Crippen molar-refractivity contribution in [3.05, 3.63) is 12.2 Å². The number of aromatic nitrogens is 3. The van der Waals surface area contributed by atoms with Gasteiger partial charge in [-0.2, -0.15) is 5.10 Å². The van der Waals surface area contributed by atoms with Crippen LogP contribution in [-0.2, 0) is 22.9 Å². The first-order valence-corrected chi connectivity index (χ1v) is 7.88. The van der Waals surface area contributed by atoms with Gasteiger partial charge in [0.25, 0.3) is 0 Å². The predicted molar refractivity (Wildman–Crippen MR) is 64.2 cm³/mol. The Morgan fingerprint density at radius 1 is 1.53 bits per heavy atom. The average molecular weight is 258 g/mol. The van der Waals surface area contributed by atoms with Gasteiger partial charge in [-0.15, -0.1) is 0 Å². The van der Waals surface area contributed by atoms with E-state index in [4.69, 9.17) is 0 Å². The fraction of sp³-hybridized carbons (Fsp3) is 0.800. The van der Waals surface area contributed by atoms with Gasteiger partial charge >= 0.3 is 0 Å². The molecule has 0 unspecified atom stereocenters. The lowest BCUT2D eigenvalue weighted by Gasteiger charge is -2.06. The van der Waals surface area contributed by atoms with E-state index in [9.17, 15) is 8.42 Å². The van der Waals surface area contributed by atoms with Crippen molar-refractivity contribution in [2.45, 2.75) is 38.4 Å². The molecule has 1 fully saturated rings. The SMILES string of the molecule is CS(=O)(=O)CCCn1ncnc1CNC1CC1. The van der Waals surface area contributed by atoms with Crippen LogP contribution in [-0.4, -0.2) is 41.2 Å². The summed E-state index contributed by atoms with van der Waals surface area (Å²) in [6.45, 7) is 1.32. The summed E-state index contributed by atoms with van der Waals surface area (Å²) in [7, 11) is -2.88. The number of hydrogen-bond donors (Lipinski definition) is 1. The monoisotopic (exact) mass is 258 g/mol. The summed E-state index contributed by atoms with van der Waals surface area (Å²) < 4.78 is 23.8. The van der Waals surface area contributed by atoms with E-state index in [0.29, 0.717) is 25.6 Å². The van der Waals surface area contributed by atoms with E-state index in [-0.39, 0.29) is 5.75 Å². The van der Waals surface area contributed by atoms with Gasteiger partial charge in [-0.3, -0.25) is 0 Å². The summed E-state index contributed by atoms with van der Waals surface area (Å²) in [4.78, 5) is 4.17. The Hall–Kier alpha value is -0.950. The van der Waals surface area contributed by atoms with Gasteiger partial charge in [0, 0.05) is 18.8 Å². The fourth-order valence-corrected chi connectivity index (χ4v) is 2.26. The molecule has 6 nitrogen and oxygen atoms in total. The molecule has 17 heavy (non-hydrogen) atoms. The van der Waals surface area contributed by atoms with Crippen molar-refractivity contribution in [2.75, 3.05) is 12.0 Å². The molecular formula is C10H18N4O2S. The molecule has 1 N–H and O–H groups in total. The molecule has 0 amide bonds. The van der Waals surface area contributed by atoms with Crippen molar-refractivity contribution in [1.29, 1.82) is 0 Å². The van der Waals surface area contributed by atoms with Gasteiger partial charge in [0.2, 0.25) is 0 Å². The Balaban J connectivity index is 1.80. The van der Waals surface area contributed by atoms with Gasteiger partial charge in [0.15, 0.2) is 0 Å². The third-order valence-electron chi connectivity index (χ3n) is 2.71. The standard InChI is InChI=1S/C10H18N4O2S/c1-17(15,16)6-2-5-14-10(12-8-13-14)7-11-9-3-4-9/h8-9,11H,2-7H2,1H3. The summed E-state index contributed by atoms with van der Waals surface area (Å²) in [6, 6.07) is 0.635. The van der Waals surface area contributed by atoms with Crippen molar-refractivity contribution in [3.63, 3.8) is 0 Å². The molecule has 0 aliphatic heterocycles. The van der Waals surface area contributed by atoms with Crippen LogP contribution >= 0.6 is 0 Å². The van der Waals surface area contributed by atoms with Crippen LogP contribution in [0.5, 0.6) is 0 Å². The van der Waals surface area contributed by atoms with Gasteiger partial charge in [-0.1, -0.05) is 0 Å². The van der Waals surface area contributed by atoms with E-state index >= 15 is 0 Å². The average Bonchev–Trinajstić information content (AvgIpc) is 2.95. The highest BCUT2D eigenvalue weighted by Crippen LogP contribution is 2.18. The lowest BCUT2D eigenvalue weighted by atomic mass is 10.4. The Labute approximate surface area is 101 Å². The van der Waals surface area contributed by atoms with Crippen molar-refractivity contribution >= 4 is 9.84 Å². The summed E-state index contributed by atoms with van der Waals surface area (Å²) in [5.74, 6) is 1.08. The van der Waals surface area contributed by atoms with Crippen LogP contribution in [0.4, 0.5) is 0 Å². The lowest BCUT2D eigenvalue weighted by molar-refractivity contribution is 0.536. The smallest absolute Gasteiger partial charge is 0.147 e. The van der Waals surface area contributed by atoms with Crippen LogP contribution in [0.25, 0.3) is 0 Å². The second-order valence-corrected chi connectivity index (χ2v) is 6.80. The maximum Gasteiger partial charge on any atom is 0.147 e. The molecule has 1 aromatic heterocycles. The molecule has 0 saturated heterocycles. The summed E-state index contributed by atoms with van der Waals surface area (Å²) in [5, 5.41) is 7.47. The molecule has 0 radical (unpaired) electrons. The van der Waals surface area contributed by atoms with Crippen LogP contribution < -0.4 is 5.32 Å². The number of sulfone groups is 1. The van der Waals surface area contributed by atoms with E-state index in [0.717, 1.165) is 5.82 Å². The minimum absolute atomic E-state index is 0.197. The second-order valence-electron chi connectivity index (χ2n) is 4.54. The molecule has 7 heteroatoms. The lowest BCUT2D eigenvalue weighted by Crippen LogP contribution is -2.20. The number of nitrogens with zero attached hydrogens (tertiary/aromatic N) is 3. The van der Waals surface area contributed by atoms with Crippen LogP contribution in [0.2, 0.25) is 0 Å². The van der Waals surface area contributed by atoms with Gasteiger partial charge in [-0.25, -0.2) is 18.1 Å². The normalized spacial score (nSPS) is 16.3. The molecule has 1 aromatic rings. The fourth-order valence-electron chi connectivity index (χ4n) is 1.61. The Morgan fingerprint density at radius 2 is 2.29 bits per heavy atom. The van der Waals surface area contributed by atoms with E-state index < -0.39 is 9.84 Å². The predicted octanol–water partition coefficient (Wildman–Crippen LogP) is -0.0352. The maximum atomic E-state index is 11.0. The first kappa shape index (κ1) is 12.5. The Kier molecular flexibility index (Phi) is 3.78. The molecule has 1 aliphatic carbocycles. The highest BCUT2D eigenvalue weighted by molar-refractivity contribution is 7.90. The molecule has 1 saturated carbocycles. The second kappa shape index (κ2) is 5.14. The molecule has 96 valence electrons. The molecule has 0 spiro atoms. The summed E-state index contributed by atoms with van der Waals surface area (Å²) >= 11 is 0. The van der Waals surface area contributed by atoms with Gasteiger partial charge in [-0.05, 0) is 19.3 Å². The maximum absolute atomic E-state index is 11.0. The van der Waals surface area contributed by atoms with Gasteiger partial charge in [0.05, 0.1) is 12.3 Å². The third-order valence-corrected chi connectivity index (χ3v) is 3.74. The van der Waals surface area contributed by atoms with E-state index in [1.807, 2.05) is 0 Å². The topological polar surface area (TPSA) is 76.9 Å². The minimum Gasteiger partial charge on any atom is -0.307 e. The third kappa shape index (κ3) is 4.43. The van der Waals surface area contributed by atoms with Crippen LogP contribution in [0.3, 0.4) is 0 Å². The molecular weight excluding hydrogens is 240 g/mol. The minimum atomic E-state index is -2.88. The zero-order chi connectivity index (χ0) is 12.3. The molecule has 0 aromatic carbocycles. The Bertz CT molecular complexity index is 464. The van der Waals surface area contributed by atoms with Crippen molar-refractivity contribution < 1.29 is 8.42 Å². The zero-order valence-corrected chi connectivity index (χ0v) is 10.8. The van der Waals surface area contributed by atoms with Crippen molar-refractivity contribution in [2.24, 2.45) is 0 Å². The summed E-state index contributed by atoms with van der Waals surface area (Å²) in [5.41, 5.74) is 0. The molecule has 1 heterocycles. The first-order chi connectivity index (χ1) is 8.04. The van der Waals surface area contributed by atoms with Crippen molar-refractivity contribution in [3.8, 4) is 0 Å². The highest BCUT2D eigenvalue weighted by atomic mass is 32.2. The van der Waals surface area contributed by atoms with E-state index in [1.54, 1.807) is 4.68 Å². The molecule has 0 bridgehead atoms. The van der Waals surface area contributed by atoms with Gasteiger partial charge < -0.3 is 5.32 Å². The number of hydrogen-bond acceptors (Lipinski definition) is 5.